The molecule has 2 aliphatic rings. The van der Waals surface area contributed by atoms with Crippen LogP contribution in [0.1, 0.15) is 44.0 Å². The molecule has 0 spiro atoms. The van der Waals surface area contributed by atoms with Gasteiger partial charge >= 0.3 is 6.09 Å². The fourth-order valence-corrected chi connectivity index (χ4v) is 7.63. The number of alkyl halides is 1. The smallest absolute Gasteiger partial charge is 0.418 e. The Morgan fingerprint density at radius 1 is 1.24 bits per heavy atom. The number of aromatic nitrogens is 1. The summed E-state index contributed by atoms with van der Waals surface area (Å²) in [4.78, 5) is 23.6. The lowest BCUT2D eigenvalue weighted by molar-refractivity contribution is 0.0108. The monoisotopic (exact) mass is 683 g/mol. The zero-order valence-electron chi connectivity index (χ0n) is 26.8. The van der Waals surface area contributed by atoms with Crippen molar-refractivity contribution in [3.8, 4) is 0 Å². The lowest BCUT2D eigenvalue weighted by Gasteiger charge is -2.38. The number of ether oxygens (including phenoxy) is 3. The summed E-state index contributed by atoms with van der Waals surface area (Å²) in [5.74, 6) is -1.82. The third kappa shape index (κ3) is 8.51. The molecule has 1 saturated carbocycles. The van der Waals surface area contributed by atoms with Crippen LogP contribution in [0.15, 0.2) is 41.5 Å². The Labute approximate surface area is 273 Å². The van der Waals surface area contributed by atoms with Crippen molar-refractivity contribution in [1.29, 1.82) is 0 Å². The highest BCUT2D eigenvalue weighted by Crippen LogP contribution is 2.67. The number of amidine groups is 1. The predicted molar refractivity (Wildman–Crippen MR) is 177 cm³/mol. The Balaban J connectivity index is 1.78. The van der Waals surface area contributed by atoms with E-state index in [0.717, 1.165) is 6.04 Å². The Hall–Kier alpha value is -2.38. The average Bonchev–Trinajstić information content (AvgIpc) is 3.67. The number of nitrogens with zero attached hydrogens (tertiary/aromatic N) is 3. The van der Waals surface area contributed by atoms with E-state index in [1.165, 1.54) is 66.4 Å². The first-order valence-corrected chi connectivity index (χ1v) is 19.6. The first-order valence-electron chi connectivity index (χ1n) is 14.7. The number of carbonyl (C=O) groups excluding carboxylic acids is 1. The van der Waals surface area contributed by atoms with Gasteiger partial charge in [0, 0.05) is 39.5 Å². The maximum Gasteiger partial charge on any atom is 0.418 e. The van der Waals surface area contributed by atoms with E-state index in [4.69, 9.17) is 30.8 Å². The molecular weight excluding hydrogens is 643 g/mol. The number of pyridine rings is 1. The molecule has 1 fully saturated rings. The van der Waals surface area contributed by atoms with Gasteiger partial charge in [-0.05, 0) is 69.1 Å². The zero-order chi connectivity index (χ0) is 33.2. The van der Waals surface area contributed by atoms with Gasteiger partial charge in [-0.3, -0.25) is 4.98 Å². The molecule has 4 rings (SSSR count). The molecular formula is C32H41ClF3N3O4SSi. The number of thioether (sulfide) groups is 1. The van der Waals surface area contributed by atoms with Crippen molar-refractivity contribution in [2.75, 3.05) is 33.7 Å². The van der Waals surface area contributed by atoms with Crippen molar-refractivity contribution in [3.63, 3.8) is 0 Å². The summed E-state index contributed by atoms with van der Waals surface area (Å²) in [5, 5.41) is 0.507. The van der Waals surface area contributed by atoms with Crippen LogP contribution in [0.4, 0.5) is 18.0 Å². The highest BCUT2D eigenvalue weighted by atomic mass is 35.5. The van der Waals surface area contributed by atoms with Gasteiger partial charge < -0.3 is 14.2 Å². The number of methoxy groups -OCH3 is 1. The highest BCUT2D eigenvalue weighted by Gasteiger charge is 2.69. The molecule has 0 saturated heterocycles. The molecule has 1 amide bonds. The molecule has 0 N–H and O–H groups in total. The van der Waals surface area contributed by atoms with Crippen molar-refractivity contribution in [2.45, 2.75) is 68.8 Å². The van der Waals surface area contributed by atoms with Crippen molar-refractivity contribution in [2.24, 2.45) is 10.9 Å². The van der Waals surface area contributed by atoms with Gasteiger partial charge in [-0.1, -0.05) is 49.1 Å². The normalized spacial score (nSPS) is 23.3. The van der Waals surface area contributed by atoms with Crippen LogP contribution in [0, 0.1) is 11.7 Å². The Morgan fingerprint density at radius 3 is 2.58 bits per heavy atom. The number of hydrogen-bond donors (Lipinski definition) is 0. The Morgan fingerprint density at radius 2 is 1.98 bits per heavy atom. The molecule has 1 aromatic heterocycles. The Kier molecular flexibility index (Phi) is 10.9. The van der Waals surface area contributed by atoms with Gasteiger partial charge in [-0.25, -0.2) is 27.9 Å². The van der Waals surface area contributed by atoms with Crippen LogP contribution in [0.25, 0.3) is 11.9 Å². The van der Waals surface area contributed by atoms with Crippen LogP contribution < -0.4 is 0 Å². The molecule has 13 heteroatoms. The maximum atomic E-state index is 15.7. The number of fused-ring (bicyclic) bond motifs is 1. The molecule has 1 aliphatic heterocycles. The Bertz CT molecular complexity index is 1450. The highest BCUT2D eigenvalue weighted by molar-refractivity contribution is 8.15. The molecule has 0 radical (unpaired) electrons. The second kappa shape index (κ2) is 13.8. The third-order valence-electron chi connectivity index (χ3n) is 7.57. The van der Waals surface area contributed by atoms with E-state index in [2.05, 4.69) is 24.6 Å². The van der Waals surface area contributed by atoms with Gasteiger partial charge in [0.2, 0.25) is 0 Å². The molecule has 2 aromatic rings. The standard InChI is InChI=1S/C32H41ClF3N3O4SSi/c1-30(2,3)43-29(40)39(20-42-12-13-45(5,6)7)28-38-32(18-34,27-16-31(27,44-28)19-41-4)23-14-21(8-10-24(23)35)15-25(36)26-11-9-22(33)17-37-26/h8-11,14-15,17,27H,12-13,16,18-20H2,1-7H3/b25-15-/t27-,31-,32-/m1/s1. The number of halogens is 4. The van der Waals surface area contributed by atoms with Crippen molar-refractivity contribution >= 4 is 54.6 Å². The van der Waals surface area contributed by atoms with E-state index >= 15 is 13.2 Å². The molecule has 0 unspecified atom stereocenters. The molecule has 0 bridgehead atoms. The minimum absolute atomic E-state index is 0.0415. The number of aliphatic imine (C=N–C) groups is 1. The summed E-state index contributed by atoms with van der Waals surface area (Å²) in [7, 11) is 0.113. The van der Waals surface area contributed by atoms with E-state index in [9.17, 15) is 4.79 Å². The van der Waals surface area contributed by atoms with Crippen molar-refractivity contribution in [1.82, 2.24) is 9.88 Å². The molecule has 45 heavy (non-hydrogen) atoms. The lowest BCUT2D eigenvalue weighted by atomic mass is 9.84. The predicted octanol–water partition coefficient (Wildman–Crippen LogP) is 8.56. The quantitative estimate of drug-likeness (QED) is 0.134. The van der Waals surface area contributed by atoms with Crippen LogP contribution in [-0.4, -0.2) is 73.3 Å². The van der Waals surface area contributed by atoms with Gasteiger partial charge in [-0.2, -0.15) is 0 Å². The van der Waals surface area contributed by atoms with E-state index in [-0.39, 0.29) is 29.8 Å². The third-order valence-corrected chi connectivity index (χ3v) is 11.0. The van der Waals surface area contributed by atoms with Crippen molar-refractivity contribution < 1.29 is 32.2 Å². The molecule has 1 aliphatic carbocycles. The van der Waals surface area contributed by atoms with E-state index in [0.29, 0.717) is 23.6 Å². The van der Waals surface area contributed by atoms with Gasteiger partial charge in [-0.15, -0.1) is 0 Å². The SMILES string of the molecule is COC[C@]12C[C@H]1[C@@](CF)(c1cc(/C=C(\F)c3ccc(Cl)cn3)ccc1F)N=C(N(COCC[Si](C)(C)C)C(=O)OC(C)(C)C)S2. The van der Waals surface area contributed by atoms with Crippen LogP contribution in [0.2, 0.25) is 30.7 Å². The van der Waals surface area contributed by atoms with E-state index in [1.807, 2.05) is 0 Å². The van der Waals surface area contributed by atoms with Crippen molar-refractivity contribution in [3.05, 3.63) is 64.2 Å². The van der Waals surface area contributed by atoms with Gasteiger partial charge in [0.05, 0.1) is 22.1 Å². The summed E-state index contributed by atoms with van der Waals surface area (Å²) < 4.78 is 62.9. The molecule has 3 atom stereocenters. The van der Waals surface area contributed by atoms with Crippen LogP contribution in [0.5, 0.6) is 0 Å². The first kappa shape index (κ1) is 35.5. The fraction of sp³-hybridized carbons (Fsp3) is 0.531. The second-order valence-corrected chi connectivity index (χ2v) is 21.1. The number of amides is 1. The summed E-state index contributed by atoms with van der Waals surface area (Å²) in [6.45, 7) is 11.3. The van der Waals surface area contributed by atoms with Crippen LogP contribution >= 0.6 is 23.4 Å². The first-order chi connectivity index (χ1) is 21.0. The maximum absolute atomic E-state index is 15.7. The fourth-order valence-electron chi connectivity index (χ4n) is 5.19. The molecule has 7 nitrogen and oxygen atoms in total. The molecule has 246 valence electrons. The van der Waals surface area contributed by atoms with Gasteiger partial charge in [0.1, 0.15) is 36.2 Å². The zero-order valence-corrected chi connectivity index (χ0v) is 29.3. The molecule has 1 aromatic carbocycles. The largest absolute Gasteiger partial charge is 0.443 e. The van der Waals surface area contributed by atoms with E-state index in [1.54, 1.807) is 20.8 Å². The van der Waals surface area contributed by atoms with Crippen LogP contribution in [0.3, 0.4) is 0 Å². The number of benzene rings is 1. The van der Waals surface area contributed by atoms with Crippen LogP contribution in [-0.2, 0) is 19.7 Å². The minimum atomic E-state index is -1.71. The topological polar surface area (TPSA) is 73.3 Å². The second-order valence-electron chi connectivity index (χ2n) is 13.7. The number of hydrogen-bond acceptors (Lipinski definition) is 7. The molecule has 2 heterocycles. The van der Waals surface area contributed by atoms with Gasteiger partial charge in [0.25, 0.3) is 0 Å². The van der Waals surface area contributed by atoms with Gasteiger partial charge in [0.15, 0.2) is 5.17 Å². The summed E-state index contributed by atoms with van der Waals surface area (Å²) in [6.07, 6.45) is 2.27. The summed E-state index contributed by atoms with van der Waals surface area (Å²) >= 11 is 7.17. The minimum Gasteiger partial charge on any atom is -0.443 e. The number of rotatable bonds is 11. The average molecular weight is 684 g/mol. The van der Waals surface area contributed by atoms with E-state index < -0.39 is 54.3 Å². The number of carbonyl (C=O) groups is 1. The summed E-state index contributed by atoms with van der Waals surface area (Å²) in [6, 6.07) is 7.78. The summed E-state index contributed by atoms with van der Waals surface area (Å²) in [5.41, 5.74) is -2.24. The lowest BCUT2D eigenvalue weighted by Crippen LogP contribution is -2.47.